The molecular weight excluding hydrogens is 298 g/mol. The predicted molar refractivity (Wildman–Crippen MR) is 77.6 cm³/mol. The number of thioether (sulfide) groups is 1. The number of aliphatic carboxylic acids is 1. The summed E-state index contributed by atoms with van der Waals surface area (Å²) in [6.45, 7) is 1.35. The fourth-order valence-corrected chi connectivity index (χ4v) is 3.06. The molecule has 0 bridgehead atoms. The lowest BCUT2D eigenvalue weighted by atomic mass is 10.2. The van der Waals surface area contributed by atoms with Gasteiger partial charge in [0, 0.05) is 0 Å². The van der Waals surface area contributed by atoms with Gasteiger partial charge in [-0.1, -0.05) is 36.1 Å². The predicted octanol–water partition coefficient (Wildman–Crippen LogP) is 0.732. The van der Waals surface area contributed by atoms with E-state index < -0.39 is 17.9 Å². The van der Waals surface area contributed by atoms with Gasteiger partial charge in [-0.15, -0.1) is 0 Å². The maximum Gasteiger partial charge on any atom is 0.266 e. The Hall–Kier alpha value is -1.86. The molecule has 0 spiro atoms. The molecule has 1 fully saturated rings. The van der Waals surface area contributed by atoms with Crippen molar-refractivity contribution in [1.82, 2.24) is 4.90 Å². The standard InChI is InChI=1S/C13H11NO4S2/c1-7(12(17)18)14-11(16)10(20-13(14)19)6-8-2-4-9(15)5-3-8/h2-7,15H,1H3,(H,17,18)/p-1/b10-6-/t7-/m1/s1. The number of hydrogen-bond acceptors (Lipinski definition) is 6. The van der Waals surface area contributed by atoms with Crippen LogP contribution in [0, 0.1) is 0 Å². The van der Waals surface area contributed by atoms with Gasteiger partial charge in [0.1, 0.15) is 10.1 Å². The Balaban J connectivity index is 2.28. The molecule has 1 N–H and O–H groups in total. The van der Waals surface area contributed by atoms with Gasteiger partial charge < -0.3 is 15.0 Å². The number of hydrogen-bond donors (Lipinski definition) is 1. The number of amides is 1. The van der Waals surface area contributed by atoms with Crippen molar-refractivity contribution >= 4 is 46.3 Å². The molecule has 1 amide bonds. The van der Waals surface area contributed by atoms with E-state index in [1.54, 1.807) is 18.2 Å². The highest BCUT2D eigenvalue weighted by Gasteiger charge is 2.35. The van der Waals surface area contributed by atoms with Crippen molar-refractivity contribution in [3.05, 3.63) is 34.7 Å². The first-order valence-electron chi connectivity index (χ1n) is 5.67. The Bertz CT molecular complexity index is 609. The molecule has 5 nitrogen and oxygen atoms in total. The molecule has 104 valence electrons. The maximum atomic E-state index is 12.1. The van der Waals surface area contributed by atoms with E-state index in [-0.39, 0.29) is 10.1 Å². The highest BCUT2D eigenvalue weighted by atomic mass is 32.2. The Morgan fingerprint density at radius 1 is 1.45 bits per heavy atom. The highest BCUT2D eigenvalue weighted by molar-refractivity contribution is 8.26. The zero-order valence-electron chi connectivity index (χ0n) is 10.4. The summed E-state index contributed by atoms with van der Waals surface area (Å²) < 4.78 is 0.191. The van der Waals surface area contributed by atoms with Gasteiger partial charge in [0.05, 0.1) is 16.9 Å². The van der Waals surface area contributed by atoms with Crippen LogP contribution >= 0.6 is 24.0 Å². The van der Waals surface area contributed by atoms with E-state index in [0.29, 0.717) is 10.5 Å². The molecule has 1 aliphatic heterocycles. The summed E-state index contributed by atoms with van der Waals surface area (Å²) in [5.74, 6) is -1.68. The summed E-state index contributed by atoms with van der Waals surface area (Å²) in [5, 5.41) is 20.1. The molecule has 1 aliphatic rings. The van der Waals surface area contributed by atoms with Gasteiger partial charge in [-0.3, -0.25) is 9.69 Å². The summed E-state index contributed by atoms with van der Waals surface area (Å²) in [6, 6.07) is 5.18. The summed E-state index contributed by atoms with van der Waals surface area (Å²) in [4.78, 5) is 24.4. The van der Waals surface area contributed by atoms with Gasteiger partial charge in [-0.05, 0) is 30.7 Å². The summed E-state index contributed by atoms with van der Waals surface area (Å²) in [7, 11) is 0. The molecule has 1 atom stereocenters. The number of carbonyl (C=O) groups excluding carboxylic acids is 2. The number of phenolic OH excluding ortho intramolecular Hbond substituents is 1. The number of carboxylic acid groups (broad SMARTS) is 1. The lowest BCUT2D eigenvalue weighted by Gasteiger charge is -2.23. The second-order valence-electron chi connectivity index (χ2n) is 4.14. The second-order valence-corrected chi connectivity index (χ2v) is 5.81. The fraction of sp³-hybridized carbons (Fsp3) is 0.154. The van der Waals surface area contributed by atoms with Gasteiger partial charge >= 0.3 is 0 Å². The number of phenols is 1. The van der Waals surface area contributed by atoms with Crippen molar-refractivity contribution in [2.24, 2.45) is 0 Å². The van der Waals surface area contributed by atoms with Gasteiger partial charge in [-0.25, -0.2) is 0 Å². The first kappa shape index (κ1) is 14.5. The van der Waals surface area contributed by atoms with Gasteiger partial charge in [-0.2, -0.15) is 0 Å². The number of nitrogens with zero attached hydrogens (tertiary/aromatic N) is 1. The van der Waals surface area contributed by atoms with Crippen LogP contribution in [0.1, 0.15) is 12.5 Å². The molecule has 0 radical (unpaired) electrons. The average Bonchev–Trinajstić information content (AvgIpc) is 2.66. The van der Waals surface area contributed by atoms with Crippen LogP contribution in [0.25, 0.3) is 6.08 Å². The van der Waals surface area contributed by atoms with E-state index in [1.165, 1.54) is 19.1 Å². The quantitative estimate of drug-likeness (QED) is 0.655. The zero-order valence-corrected chi connectivity index (χ0v) is 12.0. The number of aromatic hydroxyl groups is 1. The van der Waals surface area contributed by atoms with Crippen molar-refractivity contribution < 1.29 is 19.8 Å². The Kier molecular flexibility index (Phi) is 4.10. The third kappa shape index (κ3) is 2.83. The van der Waals surface area contributed by atoms with Crippen LogP contribution in [0.5, 0.6) is 5.75 Å². The molecule has 7 heteroatoms. The fourth-order valence-electron chi connectivity index (χ4n) is 1.64. The van der Waals surface area contributed by atoms with Gasteiger partial charge in [0.2, 0.25) is 0 Å². The van der Waals surface area contributed by atoms with E-state index >= 15 is 0 Å². The maximum absolute atomic E-state index is 12.1. The van der Waals surface area contributed by atoms with Crippen LogP contribution in [0.3, 0.4) is 0 Å². The Morgan fingerprint density at radius 3 is 2.60 bits per heavy atom. The topological polar surface area (TPSA) is 80.7 Å². The zero-order chi connectivity index (χ0) is 14.9. The van der Waals surface area contributed by atoms with Crippen LogP contribution in [-0.4, -0.2) is 32.2 Å². The molecule has 1 aromatic rings. The monoisotopic (exact) mass is 308 g/mol. The molecule has 0 unspecified atom stereocenters. The van der Waals surface area contributed by atoms with Crippen molar-refractivity contribution in [3.63, 3.8) is 0 Å². The SMILES string of the molecule is C[C@H](C(=O)[O-])N1C(=O)/C(=C/c2ccc(O)cc2)SC1=S. The smallest absolute Gasteiger partial charge is 0.266 e. The van der Waals surface area contributed by atoms with Crippen molar-refractivity contribution in [3.8, 4) is 5.75 Å². The third-order valence-corrected chi connectivity index (χ3v) is 4.07. The minimum absolute atomic E-state index is 0.125. The molecule has 1 aromatic carbocycles. The van der Waals surface area contributed by atoms with Gasteiger partial charge in [0.15, 0.2) is 0 Å². The number of thiocarbonyl (C=S) groups is 1. The first-order valence-corrected chi connectivity index (χ1v) is 6.89. The number of benzene rings is 1. The molecule has 1 saturated heterocycles. The normalized spacial score (nSPS) is 18.6. The van der Waals surface area contributed by atoms with Crippen LogP contribution in [0.2, 0.25) is 0 Å². The van der Waals surface area contributed by atoms with E-state index in [1.807, 2.05) is 0 Å². The first-order chi connectivity index (χ1) is 9.40. The van der Waals surface area contributed by atoms with Crippen LogP contribution in [-0.2, 0) is 9.59 Å². The van der Waals surface area contributed by atoms with Crippen LogP contribution < -0.4 is 5.11 Å². The molecule has 0 aromatic heterocycles. The highest BCUT2D eigenvalue weighted by Crippen LogP contribution is 2.33. The second kappa shape index (κ2) is 5.64. The molecule has 1 heterocycles. The lowest BCUT2D eigenvalue weighted by molar-refractivity contribution is -0.309. The molecular formula is C13H10NO4S2-. The Morgan fingerprint density at radius 2 is 2.05 bits per heavy atom. The summed E-state index contributed by atoms with van der Waals surface area (Å²) in [5.41, 5.74) is 0.712. The minimum atomic E-state index is -1.35. The largest absolute Gasteiger partial charge is 0.548 e. The summed E-state index contributed by atoms with van der Waals surface area (Å²) >= 11 is 6.07. The van der Waals surface area contributed by atoms with Gasteiger partial charge in [0.25, 0.3) is 5.91 Å². The Labute approximate surface area is 124 Å². The average molecular weight is 308 g/mol. The van der Waals surface area contributed by atoms with E-state index in [0.717, 1.165) is 16.7 Å². The van der Waals surface area contributed by atoms with E-state index in [4.69, 9.17) is 12.2 Å². The van der Waals surface area contributed by atoms with Crippen molar-refractivity contribution in [2.45, 2.75) is 13.0 Å². The van der Waals surface area contributed by atoms with Crippen LogP contribution in [0.4, 0.5) is 0 Å². The molecule has 0 aliphatic carbocycles. The number of carboxylic acids is 1. The number of carbonyl (C=O) groups is 2. The lowest BCUT2D eigenvalue weighted by Crippen LogP contribution is -2.48. The molecule has 2 rings (SSSR count). The third-order valence-electron chi connectivity index (χ3n) is 2.74. The van der Waals surface area contributed by atoms with E-state index in [9.17, 15) is 19.8 Å². The van der Waals surface area contributed by atoms with E-state index in [2.05, 4.69) is 0 Å². The minimum Gasteiger partial charge on any atom is -0.548 e. The molecule has 20 heavy (non-hydrogen) atoms. The summed E-state index contributed by atoms with van der Waals surface area (Å²) in [6.07, 6.45) is 1.60. The molecule has 0 saturated carbocycles. The number of rotatable bonds is 3. The van der Waals surface area contributed by atoms with Crippen LogP contribution in [0.15, 0.2) is 29.2 Å². The van der Waals surface area contributed by atoms with Crippen molar-refractivity contribution in [2.75, 3.05) is 0 Å². The van der Waals surface area contributed by atoms with Crippen molar-refractivity contribution in [1.29, 1.82) is 0 Å².